The minimum Gasteiger partial charge on any atom is -0.497 e. The first-order chi connectivity index (χ1) is 20.2. The number of hydrogen-bond acceptors (Lipinski definition) is 10. The maximum Gasteiger partial charge on any atom is 0.423 e. The van der Waals surface area contributed by atoms with Gasteiger partial charge in [-0.1, -0.05) is 17.3 Å². The lowest BCUT2D eigenvalue weighted by Crippen LogP contribution is -2.34. The second-order valence-electron chi connectivity index (χ2n) is 10.0. The van der Waals surface area contributed by atoms with Crippen molar-refractivity contribution < 1.29 is 22.6 Å². The number of rotatable bonds is 11. The third-order valence-electron chi connectivity index (χ3n) is 6.92. The number of piperidine rings is 1. The number of anilines is 2. The van der Waals surface area contributed by atoms with Crippen LogP contribution in [0.2, 0.25) is 0 Å². The van der Waals surface area contributed by atoms with Gasteiger partial charge in [0.05, 0.1) is 51.0 Å². The van der Waals surface area contributed by atoms with Crippen molar-refractivity contribution in [3.05, 3.63) is 75.4 Å². The van der Waals surface area contributed by atoms with E-state index < -0.39 is 29.0 Å². The Morgan fingerprint density at radius 3 is 2.62 bits per heavy atom. The number of nitrogens with zero attached hydrogens (tertiary/aromatic N) is 7. The van der Waals surface area contributed by atoms with Crippen molar-refractivity contribution >= 4 is 22.2 Å². The summed E-state index contributed by atoms with van der Waals surface area (Å²) in [4.78, 5) is 19.4. The normalized spacial score (nSPS) is 15.1. The van der Waals surface area contributed by atoms with Crippen LogP contribution in [0.1, 0.15) is 42.6 Å². The van der Waals surface area contributed by atoms with E-state index in [0.717, 1.165) is 41.9 Å². The largest absolute Gasteiger partial charge is 0.497 e. The molecule has 0 spiro atoms. The Bertz CT molecular complexity index is 1500. The molecule has 1 N–H and O–H groups in total. The molecule has 0 amide bonds. The number of alkyl halides is 3. The number of benzene rings is 1. The fraction of sp³-hybridized carbons (Fsp3) is 0.444. The van der Waals surface area contributed by atoms with Gasteiger partial charge in [-0.3, -0.25) is 4.79 Å². The molecule has 1 aliphatic heterocycles. The van der Waals surface area contributed by atoms with Crippen LogP contribution in [0, 0.1) is 0 Å². The molecule has 1 unspecified atom stereocenters. The molecule has 11 nitrogen and oxygen atoms in total. The third kappa shape index (κ3) is 7.07. The average molecular weight is 605 g/mol. The van der Waals surface area contributed by atoms with Gasteiger partial charge in [0.1, 0.15) is 17.0 Å². The number of methoxy groups -OCH3 is 1. The molecule has 3 aromatic heterocycles. The molecule has 1 atom stereocenters. The predicted octanol–water partition coefficient (Wildman–Crippen LogP) is 4.23. The van der Waals surface area contributed by atoms with Crippen LogP contribution in [0.4, 0.5) is 24.0 Å². The summed E-state index contributed by atoms with van der Waals surface area (Å²) in [5.41, 5.74) is -1.70. The predicted molar refractivity (Wildman–Crippen MR) is 151 cm³/mol. The van der Waals surface area contributed by atoms with Crippen molar-refractivity contribution in [3.8, 4) is 5.75 Å². The van der Waals surface area contributed by atoms with E-state index >= 15 is 0 Å². The van der Waals surface area contributed by atoms with Gasteiger partial charge < -0.3 is 19.7 Å². The lowest BCUT2D eigenvalue weighted by molar-refractivity contribution is -0.138. The first-order valence-corrected chi connectivity index (χ1v) is 14.3. The second-order valence-corrected chi connectivity index (χ2v) is 10.9. The number of halogens is 3. The van der Waals surface area contributed by atoms with Gasteiger partial charge in [0.25, 0.3) is 5.56 Å². The Balaban J connectivity index is 1.15. The molecular weight excluding hydrogens is 573 g/mol. The Hall–Kier alpha value is -3.98. The van der Waals surface area contributed by atoms with Gasteiger partial charge in [0.2, 0.25) is 0 Å². The molecular formula is C27H31F3N8O3S. The molecule has 4 heterocycles. The molecule has 0 bridgehead atoms. The number of ether oxygens (including phenoxy) is 2. The number of nitrogens with one attached hydrogen (secondary N) is 1. The zero-order valence-corrected chi connectivity index (χ0v) is 23.9. The van der Waals surface area contributed by atoms with Crippen LogP contribution < -0.4 is 20.5 Å². The zero-order chi connectivity index (χ0) is 29.7. The fourth-order valence-electron chi connectivity index (χ4n) is 4.79. The Morgan fingerprint density at radius 2 is 1.95 bits per heavy atom. The number of aromatic nitrogens is 6. The van der Waals surface area contributed by atoms with Crippen LogP contribution in [0.5, 0.6) is 5.75 Å². The highest BCUT2D eigenvalue weighted by molar-refractivity contribution is 7.13. The van der Waals surface area contributed by atoms with Crippen molar-refractivity contribution in [2.75, 3.05) is 37.0 Å². The van der Waals surface area contributed by atoms with Crippen LogP contribution in [0.15, 0.2) is 53.0 Å². The molecule has 5 rings (SSSR count). The molecule has 0 aliphatic carbocycles. The van der Waals surface area contributed by atoms with Crippen molar-refractivity contribution in [2.24, 2.45) is 0 Å². The van der Waals surface area contributed by atoms with E-state index in [0.29, 0.717) is 17.0 Å². The van der Waals surface area contributed by atoms with Gasteiger partial charge in [-0.15, -0.1) is 16.4 Å². The summed E-state index contributed by atoms with van der Waals surface area (Å²) >= 11 is 1.63. The summed E-state index contributed by atoms with van der Waals surface area (Å²) in [6, 6.07) is 6.33. The van der Waals surface area contributed by atoms with Gasteiger partial charge in [0.15, 0.2) is 5.13 Å². The molecule has 15 heteroatoms. The molecule has 0 saturated carbocycles. The first-order valence-electron chi connectivity index (χ1n) is 13.4. The highest BCUT2D eigenvalue weighted by Gasteiger charge is 2.38. The van der Waals surface area contributed by atoms with Gasteiger partial charge in [0, 0.05) is 30.7 Å². The zero-order valence-electron chi connectivity index (χ0n) is 23.1. The van der Waals surface area contributed by atoms with E-state index in [-0.39, 0.29) is 25.8 Å². The maximum atomic E-state index is 13.9. The Labute approximate surface area is 243 Å². The monoisotopic (exact) mass is 604 g/mol. The van der Waals surface area contributed by atoms with Gasteiger partial charge in [-0.2, -0.15) is 18.3 Å². The SMILES string of the molecule is COc1ccc(Cn2ncc(NC(C)COCc3cn(C4CCN(c5nccs5)CC4)nn3)c(C(F)(F)F)c2=O)cc1. The molecule has 1 aliphatic rings. The molecule has 1 aromatic carbocycles. The summed E-state index contributed by atoms with van der Waals surface area (Å²) in [5, 5.41) is 18.1. The third-order valence-corrected chi connectivity index (χ3v) is 7.76. The van der Waals surface area contributed by atoms with Crippen LogP contribution in [0.3, 0.4) is 0 Å². The van der Waals surface area contributed by atoms with Crippen molar-refractivity contribution in [2.45, 2.75) is 51.2 Å². The van der Waals surface area contributed by atoms with E-state index in [9.17, 15) is 18.0 Å². The minimum absolute atomic E-state index is 0.0747. The smallest absolute Gasteiger partial charge is 0.423 e. The molecule has 4 aromatic rings. The summed E-state index contributed by atoms with van der Waals surface area (Å²) in [6.07, 6.45) is 1.63. The maximum absolute atomic E-state index is 13.9. The number of thiazole rings is 1. The van der Waals surface area contributed by atoms with Crippen LogP contribution in [0.25, 0.3) is 0 Å². The van der Waals surface area contributed by atoms with E-state index in [1.54, 1.807) is 48.7 Å². The van der Waals surface area contributed by atoms with Crippen molar-refractivity contribution in [1.29, 1.82) is 0 Å². The fourth-order valence-corrected chi connectivity index (χ4v) is 5.48. The molecule has 1 saturated heterocycles. The summed E-state index contributed by atoms with van der Waals surface area (Å²) in [6.45, 7) is 3.54. The van der Waals surface area contributed by atoms with Gasteiger partial charge >= 0.3 is 6.18 Å². The van der Waals surface area contributed by atoms with Crippen LogP contribution >= 0.6 is 11.3 Å². The lowest BCUT2D eigenvalue weighted by atomic mass is 10.1. The van der Waals surface area contributed by atoms with Gasteiger partial charge in [-0.25, -0.2) is 14.3 Å². The minimum atomic E-state index is -4.88. The standard InChI is InChI=1S/C27H31F3N8O3S/c1-18(16-41-17-20-15-37(35-34-20)21-7-10-36(11-8-21)26-31-9-12-42-26)33-23-13-32-38(25(39)24(23)27(28,29)30)14-19-3-5-22(40-2)6-4-19/h3-6,9,12-13,15,18,21,33H,7-8,10-11,14,16-17H2,1-2H3. The van der Waals surface area contributed by atoms with E-state index in [4.69, 9.17) is 9.47 Å². The van der Waals surface area contributed by atoms with Crippen molar-refractivity contribution in [3.63, 3.8) is 0 Å². The summed E-state index contributed by atoms with van der Waals surface area (Å²) < 4.78 is 55.3. The van der Waals surface area contributed by atoms with Gasteiger partial charge in [-0.05, 0) is 37.5 Å². The molecule has 0 radical (unpaired) electrons. The Kier molecular flexibility index (Phi) is 9.06. The van der Waals surface area contributed by atoms with E-state index in [1.165, 1.54) is 7.11 Å². The molecule has 224 valence electrons. The highest BCUT2D eigenvalue weighted by Crippen LogP contribution is 2.32. The Morgan fingerprint density at radius 1 is 1.19 bits per heavy atom. The topological polar surface area (TPSA) is 112 Å². The summed E-state index contributed by atoms with van der Waals surface area (Å²) in [5.74, 6) is 0.596. The summed E-state index contributed by atoms with van der Waals surface area (Å²) in [7, 11) is 1.51. The molecule has 42 heavy (non-hydrogen) atoms. The second kappa shape index (κ2) is 12.9. The average Bonchev–Trinajstić information content (AvgIpc) is 3.67. The van der Waals surface area contributed by atoms with Crippen LogP contribution in [-0.2, 0) is 24.1 Å². The molecule has 1 fully saturated rings. The quantitative estimate of drug-likeness (QED) is 0.269. The van der Waals surface area contributed by atoms with Crippen molar-refractivity contribution in [1.82, 2.24) is 29.8 Å². The van der Waals surface area contributed by atoms with Crippen LogP contribution in [-0.4, -0.2) is 62.6 Å². The lowest BCUT2D eigenvalue weighted by Gasteiger charge is -2.31. The highest BCUT2D eigenvalue weighted by atomic mass is 32.1. The first kappa shape index (κ1) is 29.5. The van der Waals surface area contributed by atoms with E-state index in [1.807, 2.05) is 16.3 Å². The van der Waals surface area contributed by atoms with E-state index in [2.05, 4.69) is 30.6 Å². The number of hydrogen-bond donors (Lipinski definition) is 1.